The summed E-state index contributed by atoms with van der Waals surface area (Å²) in [5.74, 6) is 0. The van der Waals surface area contributed by atoms with Gasteiger partial charge in [0.15, 0.2) is 0 Å². The second-order valence-electron chi connectivity index (χ2n) is 22.8. The van der Waals surface area contributed by atoms with E-state index in [0.29, 0.717) is 0 Å². The molecule has 2 aromatic heterocycles. The fraction of sp³-hybridized carbons (Fsp3) is 0. The number of hydrogen-bond acceptors (Lipinski definition) is 0. The lowest BCUT2D eigenvalue weighted by atomic mass is 9.94. The summed E-state index contributed by atoms with van der Waals surface area (Å²) in [7, 11) is 0. The Morgan fingerprint density at radius 3 is 0.965 bits per heavy atom. The molecule has 18 rings (SSSR count). The molecule has 0 atom stereocenters. The van der Waals surface area contributed by atoms with Gasteiger partial charge in [0.1, 0.15) is 0 Å². The van der Waals surface area contributed by atoms with Crippen molar-refractivity contribution < 1.29 is 0 Å². The van der Waals surface area contributed by atoms with Gasteiger partial charge in [-0.1, -0.05) is 237 Å². The Bertz CT molecular complexity index is 5700. The van der Waals surface area contributed by atoms with Crippen molar-refractivity contribution >= 4 is 108 Å². The third-order valence-electron chi connectivity index (χ3n) is 17.9. The summed E-state index contributed by atoms with van der Waals surface area (Å²) < 4.78 is 4.78. The minimum Gasteiger partial charge on any atom is -0.309 e. The summed E-state index contributed by atoms with van der Waals surface area (Å²) in [5, 5.41) is 20.4. The number of fused-ring (bicyclic) bond motifs is 14. The summed E-state index contributed by atoms with van der Waals surface area (Å²) in [6.07, 6.45) is 0. The highest BCUT2D eigenvalue weighted by molar-refractivity contribution is 6.23. The molecule has 18 aromatic rings. The van der Waals surface area contributed by atoms with E-state index in [9.17, 15) is 0 Å². The zero-order valence-corrected chi connectivity index (χ0v) is 47.1. The van der Waals surface area contributed by atoms with Gasteiger partial charge in [0.05, 0.1) is 22.1 Å². The van der Waals surface area contributed by atoms with Gasteiger partial charge in [-0.25, -0.2) is 0 Å². The van der Waals surface area contributed by atoms with Crippen molar-refractivity contribution in [3.05, 3.63) is 328 Å². The average molecular weight is 1090 g/mol. The zero-order valence-electron chi connectivity index (χ0n) is 47.1. The Balaban J connectivity index is 0.000000134. The number of rotatable bonds is 6. The lowest BCUT2D eigenvalue weighted by Gasteiger charge is -2.11. The maximum Gasteiger partial charge on any atom is 0.0547 e. The summed E-state index contributed by atoms with van der Waals surface area (Å²) >= 11 is 0. The molecule has 0 saturated carbocycles. The number of nitrogens with zero attached hydrogens (tertiary/aromatic N) is 2. The molecule has 0 aliphatic carbocycles. The van der Waals surface area contributed by atoms with Crippen LogP contribution in [0.5, 0.6) is 0 Å². The van der Waals surface area contributed by atoms with E-state index in [1.54, 1.807) is 0 Å². The molecule has 0 unspecified atom stereocenters. The molecular formula is C84H54N2. The van der Waals surface area contributed by atoms with Crippen LogP contribution >= 0.6 is 0 Å². The first kappa shape index (κ1) is 49.3. The van der Waals surface area contributed by atoms with Crippen LogP contribution in [-0.2, 0) is 0 Å². The second kappa shape index (κ2) is 20.2. The summed E-state index contributed by atoms with van der Waals surface area (Å²) in [6.45, 7) is 0. The van der Waals surface area contributed by atoms with E-state index in [1.165, 1.54) is 164 Å². The lowest BCUT2D eigenvalue weighted by Crippen LogP contribution is -1.92. The average Bonchev–Trinajstić information content (AvgIpc) is 2.73. The van der Waals surface area contributed by atoms with Crippen molar-refractivity contribution in [2.45, 2.75) is 0 Å². The van der Waals surface area contributed by atoms with E-state index in [1.807, 2.05) is 0 Å². The molecule has 0 amide bonds. The van der Waals surface area contributed by atoms with Gasteiger partial charge in [-0.15, -0.1) is 0 Å². The highest BCUT2D eigenvalue weighted by Crippen LogP contribution is 2.42. The largest absolute Gasteiger partial charge is 0.309 e. The van der Waals surface area contributed by atoms with E-state index in [4.69, 9.17) is 0 Å². The first-order valence-corrected chi connectivity index (χ1v) is 29.7. The molecule has 2 heterocycles. The molecule has 400 valence electrons. The highest BCUT2D eigenvalue weighted by atomic mass is 15.0. The summed E-state index contributed by atoms with van der Waals surface area (Å²) in [5.41, 5.74) is 17.2. The van der Waals surface area contributed by atoms with Crippen LogP contribution in [-0.4, -0.2) is 9.13 Å². The quantitative estimate of drug-likeness (QED) is 0.157. The van der Waals surface area contributed by atoms with E-state index >= 15 is 0 Å². The van der Waals surface area contributed by atoms with Crippen LogP contribution in [0, 0.1) is 0 Å². The third-order valence-corrected chi connectivity index (χ3v) is 17.9. The number of para-hydroxylation sites is 4. The number of aromatic nitrogens is 2. The fourth-order valence-electron chi connectivity index (χ4n) is 13.7. The summed E-state index contributed by atoms with van der Waals surface area (Å²) in [6, 6.07) is 120. The monoisotopic (exact) mass is 1090 g/mol. The lowest BCUT2D eigenvalue weighted by molar-refractivity contribution is 1.18. The normalized spacial score (nSPS) is 11.7. The Hall–Kier alpha value is -11.3. The predicted octanol–water partition coefficient (Wildman–Crippen LogP) is 23.2. The van der Waals surface area contributed by atoms with Crippen LogP contribution in [0.2, 0.25) is 0 Å². The van der Waals surface area contributed by atoms with Gasteiger partial charge >= 0.3 is 0 Å². The second-order valence-corrected chi connectivity index (χ2v) is 22.8. The van der Waals surface area contributed by atoms with Gasteiger partial charge in [0.2, 0.25) is 0 Å². The van der Waals surface area contributed by atoms with Gasteiger partial charge in [-0.2, -0.15) is 0 Å². The SMILES string of the molecule is c1ccc(-n2c3ccccc3c3c4cc(-c5ccc6cc(-c7ccc8ccccc8c7)ccc6c5)ccc4ccc32)cc1.c1ccc(-n2c3ccccc3c3c4cc(-c5ccc6cc(-c7cccc8ccccc78)ccc6c5)ccc4ccc32)cc1. The minimum atomic E-state index is 1.18. The van der Waals surface area contributed by atoms with E-state index in [0.717, 1.165) is 0 Å². The molecule has 0 aliphatic rings. The molecule has 0 N–H and O–H groups in total. The van der Waals surface area contributed by atoms with Crippen LogP contribution in [0.3, 0.4) is 0 Å². The molecule has 0 saturated heterocycles. The van der Waals surface area contributed by atoms with Crippen LogP contribution < -0.4 is 0 Å². The van der Waals surface area contributed by atoms with Crippen molar-refractivity contribution in [3.63, 3.8) is 0 Å². The maximum absolute atomic E-state index is 2.39. The van der Waals surface area contributed by atoms with Crippen molar-refractivity contribution in [1.29, 1.82) is 0 Å². The van der Waals surface area contributed by atoms with E-state index in [-0.39, 0.29) is 0 Å². The molecule has 0 fully saturated rings. The third kappa shape index (κ3) is 8.33. The Kier molecular flexibility index (Phi) is 11.6. The Morgan fingerprint density at radius 2 is 0.477 bits per heavy atom. The molecular weight excluding hydrogens is 1040 g/mol. The zero-order chi connectivity index (χ0) is 56.7. The first-order chi connectivity index (χ1) is 42.6. The maximum atomic E-state index is 2.39. The Labute approximate surface area is 497 Å². The van der Waals surface area contributed by atoms with Crippen molar-refractivity contribution in [3.8, 4) is 55.9 Å². The topological polar surface area (TPSA) is 9.86 Å². The molecule has 0 bridgehead atoms. The van der Waals surface area contributed by atoms with Crippen molar-refractivity contribution in [2.75, 3.05) is 0 Å². The van der Waals surface area contributed by atoms with Crippen LogP contribution in [0.25, 0.3) is 164 Å². The molecule has 2 nitrogen and oxygen atoms in total. The van der Waals surface area contributed by atoms with Crippen LogP contribution in [0.15, 0.2) is 328 Å². The highest BCUT2D eigenvalue weighted by Gasteiger charge is 2.18. The van der Waals surface area contributed by atoms with Gasteiger partial charge < -0.3 is 9.13 Å². The smallest absolute Gasteiger partial charge is 0.0547 e. The van der Waals surface area contributed by atoms with Crippen LogP contribution in [0.4, 0.5) is 0 Å². The molecule has 86 heavy (non-hydrogen) atoms. The standard InChI is InChI=1S/2C42H27N/c1-2-11-35(12-3-1)43-40-16-7-6-14-38(40)42-39-27-33(18-17-29(39)23-24-41(42)43)31-19-20-32-26-34(22-21-30(32)25-31)37-15-8-10-28-9-4-5-13-36(28)37;1-2-10-37(11-3-1)43-40-13-7-6-12-38(40)42-39-27-36(17-15-29(39)22-23-41(42)43)35-21-20-33-25-32(18-19-34(33)26-35)31-16-14-28-8-4-5-9-30(28)24-31/h2*1-27H. The van der Waals surface area contributed by atoms with Gasteiger partial charge in [0, 0.05) is 32.9 Å². The van der Waals surface area contributed by atoms with Crippen molar-refractivity contribution in [2.24, 2.45) is 0 Å². The predicted molar refractivity (Wildman–Crippen MR) is 368 cm³/mol. The number of benzene rings is 16. The van der Waals surface area contributed by atoms with Crippen LogP contribution in [0.1, 0.15) is 0 Å². The molecule has 0 aliphatic heterocycles. The Morgan fingerprint density at radius 1 is 0.163 bits per heavy atom. The van der Waals surface area contributed by atoms with Gasteiger partial charge in [-0.3, -0.25) is 0 Å². The molecule has 0 spiro atoms. The van der Waals surface area contributed by atoms with E-state index in [2.05, 4.69) is 337 Å². The fourth-order valence-corrected chi connectivity index (χ4v) is 13.7. The first-order valence-electron chi connectivity index (χ1n) is 29.7. The molecule has 16 aromatic carbocycles. The summed E-state index contributed by atoms with van der Waals surface area (Å²) in [4.78, 5) is 0. The molecule has 0 radical (unpaired) electrons. The number of hydrogen-bond donors (Lipinski definition) is 0. The van der Waals surface area contributed by atoms with Gasteiger partial charge in [0.25, 0.3) is 0 Å². The van der Waals surface area contributed by atoms with Crippen molar-refractivity contribution in [1.82, 2.24) is 9.13 Å². The van der Waals surface area contributed by atoms with Gasteiger partial charge in [-0.05, 0) is 200 Å². The van der Waals surface area contributed by atoms with E-state index < -0.39 is 0 Å². The minimum absolute atomic E-state index is 1.18. The molecule has 2 heteroatoms.